The monoisotopic (exact) mass is 544 g/mol. The molecule has 3 rings (SSSR count). The van der Waals surface area contributed by atoms with Crippen molar-refractivity contribution in [1.82, 2.24) is 15.5 Å². The first-order valence-corrected chi connectivity index (χ1v) is 12.9. The Labute approximate surface area is 209 Å². The van der Waals surface area contributed by atoms with E-state index in [1.807, 2.05) is 0 Å². The summed E-state index contributed by atoms with van der Waals surface area (Å²) in [5, 5.41) is 10.5. The molecule has 0 bridgehead atoms. The van der Waals surface area contributed by atoms with Crippen molar-refractivity contribution in [3.8, 4) is 11.5 Å². The molecule has 1 heterocycles. The zero-order valence-electron chi connectivity index (χ0n) is 19.4. The number of methoxy groups -OCH3 is 1. The number of hydrogen-bond donors (Lipinski definition) is 1. The van der Waals surface area contributed by atoms with Crippen LogP contribution in [0.5, 0.6) is 11.5 Å². The molecule has 1 aromatic heterocycles. The number of nitrogens with zero attached hydrogens (tertiary/aromatic N) is 3. The number of nitrogens with one attached hydrogen (secondary N) is 1. The smallest absolute Gasteiger partial charge is 0.496 e. The molecule has 0 radical (unpaired) electrons. The number of carbonyl (C=O) groups is 1. The molecular weight excluding hydrogens is 521 g/mol. The zero-order valence-corrected chi connectivity index (χ0v) is 21.1. The third-order valence-corrected chi connectivity index (χ3v) is 7.62. The molecule has 0 saturated heterocycles. The summed E-state index contributed by atoms with van der Waals surface area (Å²) in [6.45, 7) is 3.67. The number of benzene rings is 2. The number of sulfonamides is 1. The largest absolute Gasteiger partial charge is 0.573 e. The Kier molecular flexibility index (Phi) is 8.40. The number of rotatable bonds is 10. The standard InChI is InChI=1S/C22H23F3N4O5S2/c1-14(2)29(21-28-27-13-35-21)36(31,32)17-7-4-15(5-8-17)10-11-26-20(30)18-9-6-16(12-19(18)33-3)34-22(23,24)25/h4-9,12-14H,10-11H2,1-3H3,(H,26,30). The Bertz CT molecular complexity index is 1280. The highest BCUT2D eigenvalue weighted by molar-refractivity contribution is 7.93. The minimum atomic E-state index is -4.87. The van der Waals surface area contributed by atoms with Crippen LogP contribution in [0.4, 0.5) is 18.3 Å². The van der Waals surface area contributed by atoms with Gasteiger partial charge in [-0.1, -0.05) is 23.5 Å². The average molecular weight is 545 g/mol. The lowest BCUT2D eigenvalue weighted by Gasteiger charge is -2.25. The lowest BCUT2D eigenvalue weighted by molar-refractivity contribution is -0.274. The molecule has 0 unspecified atom stereocenters. The Balaban J connectivity index is 1.63. The van der Waals surface area contributed by atoms with Crippen LogP contribution in [-0.2, 0) is 16.4 Å². The predicted octanol–water partition coefficient (Wildman–Crippen LogP) is 4.02. The lowest BCUT2D eigenvalue weighted by Crippen LogP contribution is -2.37. The summed E-state index contributed by atoms with van der Waals surface area (Å²) >= 11 is 1.12. The molecule has 0 aliphatic rings. The number of halogens is 3. The second kappa shape index (κ2) is 11.1. The van der Waals surface area contributed by atoms with Gasteiger partial charge in [0.2, 0.25) is 5.13 Å². The maximum absolute atomic E-state index is 13.1. The number of hydrogen-bond acceptors (Lipinski definition) is 8. The molecule has 9 nitrogen and oxygen atoms in total. The van der Waals surface area contributed by atoms with Crippen LogP contribution in [0.3, 0.4) is 0 Å². The summed E-state index contributed by atoms with van der Waals surface area (Å²) < 4.78 is 73.6. The molecule has 36 heavy (non-hydrogen) atoms. The van der Waals surface area contributed by atoms with Gasteiger partial charge in [-0.2, -0.15) is 0 Å². The highest BCUT2D eigenvalue weighted by Gasteiger charge is 2.32. The molecular formula is C22H23F3N4O5S2. The van der Waals surface area contributed by atoms with Gasteiger partial charge >= 0.3 is 6.36 Å². The molecule has 1 amide bonds. The Morgan fingerprint density at radius 2 is 1.86 bits per heavy atom. The Hall–Kier alpha value is -3.39. The average Bonchev–Trinajstić information content (AvgIpc) is 3.31. The normalized spacial score (nSPS) is 11.9. The summed E-state index contributed by atoms with van der Waals surface area (Å²) in [5.41, 5.74) is 2.26. The van der Waals surface area contributed by atoms with Crippen LogP contribution >= 0.6 is 11.3 Å². The number of carbonyl (C=O) groups excluding carboxylic acids is 1. The second-order valence-electron chi connectivity index (χ2n) is 7.68. The highest BCUT2D eigenvalue weighted by Crippen LogP contribution is 2.29. The minimum Gasteiger partial charge on any atom is -0.496 e. The number of alkyl halides is 3. The Morgan fingerprint density at radius 1 is 1.17 bits per heavy atom. The van der Waals surface area contributed by atoms with Gasteiger partial charge in [0.25, 0.3) is 15.9 Å². The molecule has 0 aliphatic heterocycles. The number of amides is 1. The van der Waals surface area contributed by atoms with Crippen LogP contribution in [0.1, 0.15) is 29.8 Å². The van der Waals surface area contributed by atoms with E-state index >= 15 is 0 Å². The van der Waals surface area contributed by atoms with Crippen LogP contribution < -0.4 is 19.1 Å². The van der Waals surface area contributed by atoms with E-state index in [0.29, 0.717) is 6.42 Å². The molecule has 2 aromatic carbocycles. The van der Waals surface area contributed by atoms with Crippen molar-refractivity contribution >= 4 is 32.4 Å². The summed E-state index contributed by atoms with van der Waals surface area (Å²) in [4.78, 5) is 12.6. The van der Waals surface area contributed by atoms with Crippen molar-refractivity contribution in [2.75, 3.05) is 18.0 Å². The van der Waals surface area contributed by atoms with E-state index in [9.17, 15) is 26.4 Å². The van der Waals surface area contributed by atoms with E-state index in [1.54, 1.807) is 26.0 Å². The van der Waals surface area contributed by atoms with Crippen molar-refractivity contribution in [3.63, 3.8) is 0 Å². The van der Waals surface area contributed by atoms with Crippen molar-refractivity contribution in [2.24, 2.45) is 0 Å². The fraction of sp³-hybridized carbons (Fsp3) is 0.318. The topological polar surface area (TPSA) is 111 Å². The quantitative estimate of drug-likeness (QED) is 0.410. The van der Waals surface area contributed by atoms with E-state index < -0.39 is 28.0 Å². The van der Waals surface area contributed by atoms with Gasteiger partial charge in [-0.15, -0.1) is 23.4 Å². The molecule has 3 aromatic rings. The third kappa shape index (κ3) is 6.63. The minimum absolute atomic E-state index is 0.0407. The maximum atomic E-state index is 13.1. The molecule has 0 saturated carbocycles. The number of anilines is 1. The van der Waals surface area contributed by atoms with Crippen LogP contribution in [0.15, 0.2) is 52.9 Å². The van der Waals surface area contributed by atoms with Crippen LogP contribution in [0.25, 0.3) is 0 Å². The molecule has 0 aliphatic carbocycles. The van der Waals surface area contributed by atoms with Crippen LogP contribution in [-0.4, -0.2) is 50.6 Å². The fourth-order valence-corrected chi connectivity index (χ4v) is 5.80. The fourth-order valence-electron chi connectivity index (χ4n) is 3.28. The first kappa shape index (κ1) is 27.2. The van der Waals surface area contributed by atoms with E-state index in [1.165, 1.54) is 35.1 Å². The van der Waals surface area contributed by atoms with Crippen molar-refractivity contribution in [2.45, 2.75) is 37.6 Å². The SMILES string of the molecule is COc1cc(OC(F)(F)F)ccc1C(=O)NCCc1ccc(S(=O)(=O)N(c2nncs2)C(C)C)cc1. The molecule has 1 N–H and O–H groups in total. The van der Waals surface area contributed by atoms with E-state index in [0.717, 1.165) is 29.0 Å². The van der Waals surface area contributed by atoms with E-state index in [4.69, 9.17) is 4.74 Å². The van der Waals surface area contributed by atoms with E-state index in [-0.39, 0.29) is 33.9 Å². The van der Waals surface area contributed by atoms with E-state index in [2.05, 4.69) is 20.3 Å². The number of ether oxygens (including phenoxy) is 2. The zero-order chi connectivity index (χ0) is 26.5. The van der Waals surface area contributed by atoms with Crippen molar-refractivity contribution in [3.05, 3.63) is 59.1 Å². The first-order chi connectivity index (χ1) is 16.9. The Morgan fingerprint density at radius 3 is 2.42 bits per heavy atom. The summed E-state index contributed by atoms with van der Waals surface area (Å²) in [7, 11) is -2.63. The maximum Gasteiger partial charge on any atom is 0.573 e. The molecule has 194 valence electrons. The predicted molar refractivity (Wildman–Crippen MR) is 127 cm³/mol. The van der Waals surface area contributed by atoms with Gasteiger partial charge in [0, 0.05) is 18.7 Å². The van der Waals surface area contributed by atoms with Gasteiger partial charge < -0.3 is 14.8 Å². The van der Waals surface area contributed by atoms with Gasteiger partial charge in [0.1, 0.15) is 17.0 Å². The second-order valence-corrected chi connectivity index (χ2v) is 10.3. The van der Waals surface area contributed by atoms with Crippen LogP contribution in [0, 0.1) is 0 Å². The summed E-state index contributed by atoms with van der Waals surface area (Å²) in [6.07, 6.45) is -4.48. The van der Waals surface area contributed by atoms with Gasteiger partial charge in [-0.05, 0) is 50.1 Å². The van der Waals surface area contributed by atoms with Gasteiger partial charge in [-0.3, -0.25) is 4.79 Å². The lowest BCUT2D eigenvalue weighted by atomic mass is 10.1. The number of aromatic nitrogens is 2. The summed E-state index contributed by atoms with van der Waals surface area (Å²) in [5.74, 6) is -1.13. The van der Waals surface area contributed by atoms with Gasteiger partial charge in [0.05, 0.1) is 17.6 Å². The van der Waals surface area contributed by atoms with Crippen LogP contribution in [0.2, 0.25) is 0 Å². The van der Waals surface area contributed by atoms with Gasteiger partial charge in [0.15, 0.2) is 0 Å². The molecule has 14 heteroatoms. The highest BCUT2D eigenvalue weighted by atomic mass is 32.2. The third-order valence-electron chi connectivity index (χ3n) is 4.84. The summed E-state index contributed by atoms with van der Waals surface area (Å²) in [6, 6.07) is 9.03. The molecule has 0 atom stereocenters. The molecule has 0 spiro atoms. The van der Waals surface area contributed by atoms with Crippen molar-refractivity contribution in [1.29, 1.82) is 0 Å². The van der Waals surface area contributed by atoms with Crippen molar-refractivity contribution < 1.29 is 35.9 Å². The first-order valence-electron chi connectivity index (χ1n) is 10.5. The van der Waals surface area contributed by atoms with Gasteiger partial charge in [-0.25, -0.2) is 12.7 Å². The molecule has 0 fully saturated rings.